The molecule has 0 bridgehead atoms. The maximum absolute atomic E-state index is 12.0. The number of hydrogen-bond acceptors (Lipinski definition) is 5. The first-order valence-electron chi connectivity index (χ1n) is 7.67. The van der Waals surface area contributed by atoms with Crippen molar-refractivity contribution in [3.05, 3.63) is 47.7 Å². The maximum atomic E-state index is 12.0. The van der Waals surface area contributed by atoms with Gasteiger partial charge in [0.05, 0.1) is 17.2 Å². The first-order chi connectivity index (χ1) is 11.1. The Morgan fingerprint density at radius 2 is 1.96 bits per heavy atom. The van der Waals surface area contributed by atoms with Crippen LogP contribution in [0.5, 0.6) is 0 Å². The van der Waals surface area contributed by atoms with Crippen molar-refractivity contribution < 1.29 is 17.9 Å². The van der Waals surface area contributed by atoms with Gasteiger partial charge in [-0.1, -0.05) is 36.4 Å². The Balaban J connectivity index is 1.68. The van der Waals surface area contributed by atoms with Crippen molar-refractivity contribution in [3.63, 3.8) is 0 Å². The quantitative estimate of drug-likeness (QED) is 0.685. The summed E-state index contributed by atoms with van der Waals surface area (Å²) < 4.78 is 29.1. The van der Waals surface area contributed by atoms with E-state index < -0.39 is 9.84 Å². The van der Waals surface area contributed by atoms with Gasteiger partial charge in [-0.25, -0.2) is 8.42 Å². The van der Waals surface area contributed by atoms with Crippen LogP contribution in [-0.2, 0) is 26.0 Å². The molecular formula is C17H21NO4S. The summed E-state index contributed by atoms with van der Waals surface area (Å²) in [6, 6.07) is 9.38. The monoisotopic (exact) mass is 335 g/mol. The molecule has 2 rings (SSSR count). The van der Waals surface area contributed by atoms with Crippen LogP contribution in [0.3, 0.4) is 0 Å². The van der Waals surface area contributed by atoms with E-state index in [1.807, 2.05) is 36.4 Å². The normalized spacial score (nSPS) is 14.3. The predicted octanol–water partition coefficient (Wildman–Crippen LogP) is 2.67. The van der Waals surface area contributed by atoms with Gasteiger partial charge in [0.1, 0.15) is 6.61 Å². The van der Waals surface area contributed by atoms with Crippen LogP contribution in [0.1, 0.15) is 31.2 Å². The molecule has 124 valence electrons. The molecule has 0 saturated carbocycles. The van der Waals surface area contributed by atoms with Crippen LogP contribution in [0.2, 0.25) is 0 Å². The Kier molecular flexibility index (Phi) is 6.52. The standard InChI is InChI=1S/C17H21NO4S/c19-17(22-13-15-7-2-1-3-8-15)10-6-12-23(20,21)14-16-9-4-5-11-18-16/h1-3,7-9,11H,4-6,10,12-14H2. The number of carbonyl (C=O) groups is 1. The van der Waals surface area contributed by atoms with Gasteiger partial charge in [0, 0.05) is 12.6 Å². The van der Waals surface area contributed by atoms with Crippen molar-refractivity contribution in [1.82, 2.24) is 0 Å². The Morgan fingerprint density at radius 1 is 1.17 bits per heavy atom. The largest absolute Gasteiger partial charge is 0.461 e. The minimum atomic E-state index is -3.23. The zero-order chi connectivity index (χ0) is 16.5. The van der Waals surface area contributed by atoms with Gasteiger partial charge in [-0.2, -0.15) is 0 Å². The molecule has 1 aliphatic rings. The van der Waals surface area contributed by atoms with Gasteiger partial charge in [0.15, 0.2) is 9.84 Å². The second kappa shape index (κ2) is 8.62. The van der Waals surface area contributed by atoms with Crippen LogP contribution >= 0.6 is 0 Å². The van der Waals surface area contributed by atoms with E-state index in [0.717, 1.165) is 18.4 Å². The van der Waals surface area contributed by atoms with E-state index in [1.54, 1.807) is 6.21 Å². The van der Waals surface area contributed by atoms with Crippen molar-refractivity contribution in [3.8, 4) is 0 Å². The molecule has 1 aromatic rings. The van der Waals surface area contributed by atoms with Gasteiger partial charge in [-0.3, -0.25) is 9.79 Å². The average molecular weight is 335 g/mol. The number of benzene rings is 1. The van der Waals surface area contributed by atoms with Gasteiger partial charge in [-0.05, 0) is 24.8 Å². The highest BCUT2D eigenvalue weighted by molar-refractivity contribution is 7.91. The molecule has 1 heterocycles. The van der Waals surface area contributed by atoms with E-state index in [-0.39, 0.29) is 36.9 Å². The molecule has 0 aromatic heterocycles. The molecule has 0 radical (unpaired) electrons. The lowest BCUT2D eigenvalue weighted by atomic mass is 10.2. The first kappa shape index (κ1) is 17.4. The second-order valence-electron chi connectivity index (χ2n) is 5.43. The third-order valence-electron chi connectivity index (χ3n) is 3.38. The molecule has 0 amide bonds. The number of esters is 1. The summed E-state index contributed by atoms with van der Waals surface area (Å²) in [5, 5.41) is 0. The fourth-order valence-corrected chi connectivity index (χ4v) is 3.57. The molecule has 0 atom stereocenters. The highest BCUT2D eigenvalue weighted by atomic mass is 32.2. The number of carbonyl (C=O) groups excluding carboxylic acids is 1. The third kappa shape index (κ3) is 6.78. The molecule has 0 unspecified atom stereocenters. The molecule has 1 aliphatic heterocycles. The van der Waals surface area contributed by atoms with E-state index >= 15 is 0 Å². The summed E-state index contributed by atoms with van der Waals surface area (Å²) in [6.45, 7) is 0.216. The van der Waals surface area contributed by atoms with E-state index in [9.17, 15) is 13.2 Å². The zero-order valence-electron chi connectivity index (χ0n) is 13.0. The van der Waals surface area contributed by atoms with Gasteiger partial charge < -0.3 is 4.74 Å². The maximum Gasteiger partial charge on any atom is 0.306 e. The summed E-state index contributed by atoms with van der Waals surface area (Å²) in [4.78, 5) is 15.7. The number of hydrogen-bond donors (Lipinski definition) is 0. The zero-order valence-corrected chi connectivity index (χ0v) is 13.8. The topological polar surface area (TPSA) is 72.8 Å². The Labute approximate surface area is 137 Å². The smallest absolute Gasteiger partial charge is 0.306 e. The van der Waals surface area contributed by atoms with Gasteiger partial charge >= 0.3 is 5.97 Å². The number of rotatable bonds is 8. The molecule has 0 saturated heterocycles. The molecule has 6 heteroatoms. The Morgan fingerprint density at radius 3 is 2.65 bits per heavy atom. The highest BCUT2D eigenvalue weighted by Gasteiger charge is 2.15. The van der Waals surface area contributed by atoms with Crippen LogP contribution < -0.4 is 0 Å². The van der Waals surface area contributed by atoms with Crippen molar-refractivity contribution in [2.45, 2.75) is 32.3 Å². The Bertz CT molecular complexity index is 678. The fraction of sp³-hybridized carbons (Fsp3) is 0.412. The van der Waals surface area contributed by atoms with E-state index in [1.165, 1.54) is 0 Å². The Hall–Kier alpha value is -1.95. The van der Waals surface area contributed by atoms with E-state index in [0.29, 0.717) is 5.70 Å². The first-order valence-corrected chi connectivity index (χ1v) is 9.49. The molecule has 5 nitrogen and oxygen atoms in total. The van der Waals surface area contributed by atoms with Crippen LogP contribution in [0.25, 0.3) is 0 Å². The predicted molar refractivity (Wildman–Crippen MR) is 89.9 cm³/mol. The highest BCUT2D eigenvalue weighted by Crippen LogP contribution is 2.11. The minimum absolute atomic E-state index is 0.0275. The minimum Gasteiger partial charge on any atom is -0.461 e. The molecule has 0 N–H and O–H groups in total. The molecule has 0 fully saturated rings. The average Bonchev–Trinajstić information content (AvgIpc) is 2.54. The summed E-state index contributed by atoms with van der Waals surface area (Å²) in [5.74, 6) is -0.456. The van der Waals surface area contributed by atoms with E-state index in [4.69, 9.17) is 4.74 Å². The van der Waals surface area contributed by atoms with Crippen molar-refractivity contribution in [1.29, 1.82) is 0 Å². The lowest BCUT2D eigenvalue weighted by molar-refractivity contribution is -0.144. The van der Waals surface area contributed by atoms with Crippen molar-refractivity contribution >= 4 is 22.0 Å². The van der Waals surface area contributed by atoms with Crippen molar-refractivity contribution in [2.75, 3.05) is 11.5 Å². The van der Waals surface area contributed by atoms with Crippen LogP contribution in [0, 0.1) is 0 Å². The summed E-state index contributed by atoms with van der Waals surface area (Å²) in [6.07, 6.45) is 5.66. The number of nitrogens with zero attached hydrogens (tertiary/aromatic N) is 1. The fourth-order valence-electron chi connectivity index (χ4n) is 2.20. The lowest BCUT2D eigenvalue weighted by Gasteiger charge is -2.08. The second-order valence-corrected chi connectivity index (χ2v) is 7.61. The van der Waals surface area contributed by atoms with Gasteiger partial charge in [0.25, 0.3) is 0 Å². The van der Waals surface area contributed by atoms with Crippen LogP contribution in [0.15, 0.2) is 47.1 Å². The molecule has 23 heavy (non-hydrogen) atoms. The molecular weight excluding hydrogens is 314 g/mol. The van der Waals surface area contributed by atoms with Gasteiger partial charge in [-0.15, -0.1) is 0 Å². The number of ether oxygens (including phenoxy) is 1. The molecule has 0 aliphatic carbocycles. The van der Waals surface area contributed by atoms with E-state index in [2.05, 4.69) is 4.99 Å². The summed E-state index contributed by atoms with van der Waals surface area (Å²) in [7, 11) is -3.23. The number of aliphatic imine (C=N–C) groups is 1. The molecule has 0 spiro atoms. The third-order valence-corrected chi connectivity index (χ3v) is 5.03. The van der Waals surface area contributed by atoms with Crippen LogP contribution in [-0.4, -0.2) is 32.1 Å². The van der Waals surface area contributed by atoms with Crippen LogP contribution in [0.4, 0.5) is 0 Å². The number of allylic oxidation sites excluding steroid dienone is 1. The van der Waals surface area contributed by atoms with Crippen molar-refractivity contribution in [2.24, 2.45) is 4.99 Å². The summed E-state index contributed by atoms with van der Waals surface area (Å²) in [5.41, 5.74) is 1.51. The number of sulfone groups is 1. The molecule has 1 aromatic carbocycles. The summed E-state index contributed by atoms with van der Waals surface area (Å²) >= 11 is 0. The van der Waals surface area contributed by atoms with Gasteiger partial charge in [0.2, 0.25) is 0 Å². The lowest BCUT2D eigenvalue weighted by Crippen LogP contribution is -2.15. The SMILES string of the molecule is O=C(CCCS(=O)(=O)CC1=CCCC=N1)OCc1ccccc1.